The van der Waals surface area contributed by atoms with E-state index in [0.717, 1.165) is 4.57 Å². The van der Waals surface area contributed by atoms with Crippen LogP contribution in [0.2, 0.25) is 0 Å². The number of nitrogens with zero attached hydrogens (tertiary/aromatic N) is 4. The number of aryl methyl sites for hydroxylation is 1. The second-order valence-electron chi connectivity index (χ2n) is 8.18. The van der Waals surface area contributed by atoms with Crippen molar-refractivity contribution in [2.24, 2.45) is 14.1 Å². The molecule has 166 valence electrons. The Balaban J connectivity index is 1.79. The average molecular weight is 449 g/mol. The van der Waals surface area contributed by atoms with Crippen LogP contribution < -0.4 is 21.3 Å². The summed E-state index contributed by atoms with van der Waals surface area (Å²) < 4.78 is 30.8. The lowest BCUT2D eigenvalue weighted by atomic mass is 10.1. The van der Waals surface area contributed by atoms with Gasteiger partial charge in [0.1, 0.15) is 6.54 Å². The number of rotatable bonds is 5. The van der Waals surface area contributed by atoms with Crippen LogP contribution in [0.5, 0.6) is 0 Å². The highest BCUT2D eigenvalue weighted by atomic mass is 32.2. The fourth-order valence-corrected chi connectivity index (χ4v) is 4.47. The van der Waals surface area contributed by atoms with Gasteiger partial charge in [0, 0.05) is 25.3 Å². The number of imidazole rings is 1. The predicted molar refractivity (Wildman–Crippen MR) is 115 cm³/mol. The topological polar surface area (TPSA) is 137 Å². The van der Waals surface area contributed by atoms with Gasteiger partial charge in [-0.2, -0.15) is 0 Å². The van der Waals surface area contributed by atoms with Crippen molar-refractivity contribution in [3.05, 3.63) is 51.4 Å². The van der Waals surface area contributed by atoms with Crippen LogP contribution in [0.4, 0.5) is 5.69 Å². The molecule has 0 saturated carbocycles. The van der Waals surface area contributed by atoms with E-state index in [2.05, 4.69) is 15.0 Å². The number of aromatic nitrogens is 4. The summed E-state index contributed by atoms with van der Waals surface area (Å²) in [6.07, 6.45) is 1.32. The lowest BCUT2D eigenvalue weighted by molar-refractivity contribution is -0.116. The average Bonchev–Trinajstić information content (AvgIpc) is 3.06. The zero-order valence-corrected chi connectivity index (χ0v) is 18.6. The van der Waals surface area contributed by atoms with Crippen LogP contribution >= 0.6 is 0 Å². The minimum absolute atomic E-state index is 0.0745. The van der Waals surface area contributed by atoms with Crippen LogP contribution in [0.15, 0.2) is 45.1 Å². The van der Waals surface area contributed by atoms with Crippen molar-refractivity contribution in [2.45, 2.75) is 37.8 Å². The Morgan fingerprint density at radius 2 is 1.68 bits per heavy atom. The molecule has 12 heteroatoms. The highest BCUT2D eigenvalue weighted by Crippen LogP contribution is 2.16. The van der Waals surface area contributed by atoms with Gasteiger partial charge >= 0.3 is 5.69 Å². The van der Waals surface area contributed by atoms with Crippen LogP contribution in [0.25, 0.3) is 11.2 Å². The maximum Gasteiger partial charge on any atom is 0.332 e. The number of hydrogen-bond acceptors (Lipinski definition) is 6. The third kappa shape index (κ3) is 4.59. The van der Waals surface area contributed by atoms with Crippen molar-refractivity contribution in [1.82, 2.24) is 23.4 Å². The molecule has 0 aliphatic rings. The molecule has 0 aliphatic heterocycles. The van der Waals surface area contributed by atoms with Crippen LogP contribution in [0.3, 0.4) is 0 Å². The molecule has 2 N–H and O–H groups in total. The van der Waals surface area contributed by atoms with Crippen LogP contribution in [-0.4, -0.2) is 38.5 Å². The van der Waals surface area contributed by atoms with E-state index in [9.17, 15) is 22.8 Å². The third-order valence-corrected chi connectivity index (χ3v) is 6.19. The minimum atomic E-state index is -3.69. The van der Waals surface area contributed by atoms with Crippen LogP contribution in [0.1, 0.15) is 20.8 Å². The van der Waals surface area contributed by atoms with Gasteiger partial charge in [-0.1, -0.05) is 0 Å². The van der Waals surface area contributed by atoms with Crippen molar-refractivity contribution in [3.8, 4) is 0 Å². The summed E-state index contributed by atoms with van der Waals surface area (Å²) in [5, 5.41) is 2.65. The summed E-state index contributed by atoms with van der Waals surface area (Å²) in [7, 11) is -0.840. The molecular weight excluding hydrogens is 424 g/mol. The SMILES string of the molecule is Cn1c(=O)c2c(ncn2CC(=O)Nc2ccc(S(=O)(=O)NC(C)(C)C)cc2)n(C)c1=O. The standard InChI is InChI=1S/C19H24N6O5S/c1-19(2,3)22-31(29,30)13-8-6-12(7-9-13)21-14(26)10-25-11-20-16-15(25)17(27)24(5)18(28)23(16)4/h6-9,11,22H,10H2,1-5H3,(H,21,26). The first kappa shape index (κ1) is 22.4. The molecule has 2 aromatic heterocycles. The summed E-state index contributed by atoms with van der Waals surface area (Å²) in [6.45, 7) is 5.01. The molecule has 0 spiro atoms. The molecule has 31 heavy (non-hydrogen) atoms. The van der Waals surface area contributed by atoms with Gasteiger partial charge in [-0.25, -0.2) is 22.9 Å². The van der Waals surface area contributed by atoms with E-state index < -0.39 is 32.7 Å². The molecule has 1 amide bonds. The molecule has 3 rings (SSSR count). The smallest absolute Gasteiger partial charge is 0.325 e. The molecule has 0 aliphatic carbocycles. The van der Waals surface area contributed by atoms with E-state index in [4.69, 9.17) is 0 Å². The number of anilines is 1. The zero-order valence-electron chi connectivity index (χ0n) is 17.8. The molecule has 1 aromatic carbocycles. The largest absolute Gasteiger partial charge is 0.332 e. The molecule has 11 nitrogen and oxygen atoms in total. The van der Waals surface area contributed by atoms with Gasteiger partial charge in [0.05, 0.1) is 11.2 Å². The molecule has 0 atom stereocenters. The number of nitrogens with one attached hydrogen (secondary N) is 2. The summed E-state index contributed by atoms with van der Waals surface area (Å²) >= 11 is 0. The molecule has 3 aromatic rings. The Bertz CT molecular complexity index is 1370. The van der Waals surface area contributed by atoms with Gasteiger partial charge in [-0.15, -0.1) is 0 Å². The van der Waals surface area contributed by atoms with E-state index in [-0.39, 0.29) is 22.6 Å². The molecule has 0 unspecified atom stereocenters. The van der Waals surface area contributed by atoms with E-state index >= 15 is 0 Å². The Morgan fingerprint density at radius 1 is 1.06 bits per heavy atom. The number of hydrogen-bond donors (Lipinski definition) is 2. The van der Waals surface area contributed by atoms with Crippen LogP contribution in [0, 0.1) is 0 Å². The Hall–Kier alpha value is -3.25. The number of fused-ring (bicyclic) bond motifs is 1. The van der Waals surface area contributed by atoms with Crippen molar-refractivity contribution in [3.63, 3.8) is 0 Å². The molecule has 0 radical (unpaired) electrons. The second-order valence-corrected chi connectivity index (χ2v) is 9.86. The normalized spacial score (nSPS) is 12.3. The Labute approximate surface area is 178 Å². The molecule has 2 heterocycles. The monoisotopic (exact) mass is 448 g/mol. The fourth-order valence-electron chi connectivity index (χ4n) is 3.05. The summed E-state index contributed by atoms with van der Waals surface area (Å²) in [4.78, 5) is 41.1. The van der Waals surface area contributed by atoms with Crippen molar-refractivity contribution < 1.29 is 13.2 Å². The lowest BCUT2D eigenvalue weighted by Gasteiger charge is -2.20. The van der Waals surface area contributed by atoms with Gasteiger partial charge in [0.25, 0.3) is 5.56 Å². The molecular formula is C19H24N6O5S. The number of carbonyl (C=O) groups excluding carboxylic acids is 1. The maximum absolute atomic E-state index is 12.5. The molecule has 0 saturated heterocycles. The highest BCUT2D eigenvalue weighted by Gasteiger charge is 2.22. The van der Waals surface area contributed by atoms with E-state index in [1.165, 1.54) is 53.8 Å². The lowest BCUT2D eigenvalue weighted by Crippen LogP contribution is -2.40. The number of benzene rings is 1. The fraction of sp³-hybridized carbons (Fsp3) is 0.368. The maximum atomic E-state index is 12.5. The van der Waals surface area contributed by atoms with Crippen molar-refractivity contribution in [2.75, 3.05) is 5.32 Å². The first-order valence-electron chi connectivity index (χ1n) is 9.35. The number of amides is 1. The van der Waals surface area contributed by atoms with Crippen LogP contribution in [-0.2, 0) is 35.5 Å². The number of sulfonamides is 1. The predicted octanol–water partition coefficient (Wildman–Crippen LogP) is 0.149. The molecule has 0 fully saturated rings. The quantitative estimate of drug-likeness (QED) is 0.570. The van der Waals surface area contributed by atoms with Gasteiger partial charge < -0.3 is 9.88 Å². The first-order valence-corrected chi connectivity index (χ1v) is 10.8. The minimum Gasteiger partial charge on any atom is -0.325 e. The molecule has 0 bridgehead atoms. The van der Waals surface area contributed by atoms with Crippen molar-refractivity contribution in [1.29, 1.82) is 0 Å². The summed E-state index contributed by atoms with van der Waals surface area (Å²) in [6, 6.07) is 5.73. The van der Waals surface area contributed by atoms with E-state index in [1.54, 1.807) is 20.8 Å². The van der Waals surface area contributed by atoms with Gasteiger partial charge in [-0.3, -0.25) is 18.7 Å². The Kier molecular flexibility index (Phi) is 5.63. The zero-order chi connectivity index (χ0) is 23.1. The number of carbonyl (C=O) groups is 1. The van der Waals surface area contributed by atoms with Gasteiger partial charge in [-0.05, 0) is 45.0 Å². The van der Waals surface area contributed by atoms with Gasteiger partial charge in [0.15, 0.2) is 11.2 Å². The first-order chi connectivity index (χ1) is 14.3. The van der Waals surface area contributed by atoms with E-state index in [0.29, 0.717) is 5.69 Å². The second kappa shape index (κ2) is 7.78. The summed E-state index contributed by atoms with van der Waals surface area (Å²) in [5.41, 5.74) is -0.979. The highest BCUT2D eigenvalue weighted by molar-refractivity contribution is 7.89. The third-order valence-electron chi connectivity index (χ3n) is 4.42. The Morgan fingerprint density at radius 3 is 2.26 bits per heavy atom. The summed E-state index contributed by atoms with van der Waals surface area (Å²) in [5.74, 6) is -0.446. The van der Waals surface area contributed by atoms with Gasteiger partial charge in [0.2, 0.25) is 15.9 Å². The van der Waals surface area contributed by atoms with Crippen molar-refractivity contribution >= 4 is 32.8 Å². The van der Waals surface area contributed by atoms with E-state index in [1.807, 2.05) is 0 Å².